The van der Waals surface area contributed by atoms with E-state index in [0.29, 0.717) is 24.1 Å². The van der Waals surface area contributed by atoms with Gasteiger partial charge in [0.2, 0.25) is 5.91 Å². The molecule has 1 aliphatic heterocycles. The topological polar surface area (TPSA) is 81.8 Å². The first-order chi connectivity index (χ1) is 13.1. The summed E-state index contributed by atoms with van der Waals surface area (Å²) in [5, 5.41) is 0. The molecule has 2 aromatic carbocycles. The van der Waals surface area contributed by atoms with Gasteiger partial charge in [-0.15, -0.1) is 0 Å². The van der Waals surface area contributed by atoms with Crippen LogP contribution in [0.25, 0.3) is 11.1 Å². The number of fused-ring (bicyclic) bond motifs is 2. The van der Waals surface area contributed by atoms with Gasteiger partial charge in [-0.2, -0.15) is 0 Å². The molecule has 7 heteroatoms. The molecule has 1 amide bonds. The number of amides is 1. The molecule has 2 heterocycles. The van der Waals surface area contributed by atoms with Crippen LogP contribution in [0.5, 0.6) is 0 Å². The predicted molar refractivity (Wildman–Crippen MR) is 97.0 cm³/mol. The van der Waals surface area contributed by atoms with Gasteiger partial charge in [0.25, 0.3) is 0 Å². The number of carbonyl (C=O) groups excluding carboxylic acids is 2. The van der Waals surface area contributed by atoms with E-state index in [1.54, 1.807) is 24.3 Å². The molecule has 0 saturated heterocycles. The Morgan fingerprint density at radius 1 is 1.11 bits per heavy atom. The molecule has 4 rings (SSSR count). The highest BCUT2D eigenvalue weighted by molar-refractivity contribution is 5.86. The van der Waals surface area contributed by atoms with Crippen molar-refractivity contribution in [3.63, 3.8) is 0 Å². The van der Waals surface area contributed by atoms with Gasteiger partial charge in [0.1, 0.15) is 12.6 Å². The molecule has 0 fully saturated rings. The van der Waals surface area contributed by atoms with Crippen molar-refractivity contribution in [1.82, 2.24) is 9.47 Å². The molecule has 7 nitrogen and oxygen atoms in total. The minimum absolute atomic E-state index is 0.203. The lowest BCUT2D eigenvalue weighted by atomic mass is 9.94. The number of carbonyl (C=O) groups is 2. The minimum Gasteiger partial charge on any atom is -0.467 e. The first-order valence-corrected chi connectivity index (χ1v) is 8.61. The van der Waals surface area contributed by atoms with Crippen molar-refractivity contribution < 1.29 is 18.7 Å². The second-order valence-corrected chi connectivity index (χ2v) is 6.46. The number of hydrogen-bond acceptors (Lipinski definition) is 5. The summed E-state index contributed by atoms with van der Waals surface area (Å²) in [6.45, 7) is 0.0881. The van der Waals surface area contributed by atoms with Gasteiger partial charge in [-0.05, 0) is 23.3 Å². The van der Waals surface area contributed by atoms with E-state index in [-0.39, 0.29) is 12.5 Å². The van der Waals surface area contributed by atoms with Crippen LogP contribution in [0, 0.1) is 0 Å². The summed E-state index contributed by atoms with van der Waals surface area (Å²) in [6, 6.07) is 13.9. The van der Waals surface area contributed by atoms with E-state index in [1.807, 2.05) is 24.3 Å². The molecule has 27 heavy (non-hydrogen) atoms. The highest BCUT2D eigenvalue weighted by atomic mass is 16.5. The van der Waals surface area contributed by atoms with E-state index >= 15 is 0 Å². The molecule has 0 unspecified atom stereocenters. The molecule has 138 valence electrons. The quantitative estimate of drug-likeness (QED) is 0.659. The van der Waals surface area contributed by atoms with Gasteiger partial charge in [-0.1, -0.05) is 36.4 Å². The Balaban J connectivity index is 1.67. The highest BCUT2D eigenvalue weighted by Crippen LogP contribution is 2.24. The molecule has 0 spiro atoms. The van der Waals surface area contributed by atoms with Crippen molar-refractivity contribution in [3.8, 4) is 0 Å². The summed E-state index contributed by atoms with van der Waals surface area (Å²) in [6.07, 6.45) is 0.385. The number of ether oxygens (including phenoxy) is 1. The van der Waals surface area contributed by atoms with Crippen LogP contribution in [0.15, 0.2) is 57.7 Å². The maximum Gasteiger partial charge on any atom is 0.420 e. The van der Waals surface area contributed by atoms with Crippen LogP contribution in [0.4, 0.5) is 0 Å². The summed E-state index contributed by atoms with van der Waals surface area (Å²) in [4.78, 5) is 38.9. The van der Waals surface area contributed by atoms with E-state index in [9.17, 15) is 14.4 Å². The fraction of sp³-hybridized carbons (Fsp3) is 0.250. The molecule has 0 bridgehead atoms. The number of rotatable bonds is 3. The van der Waals surface area contributed by atoms with E-state index in [1.165, 1.54) is 16.6 Å². The van der Waals surface area contributed by atoms with E-state index < -0.39 is 17.8 Å². The van der Waals surface area contributed by atoms with Crippen molar-refractivity contribution >= 4 is 23.0 Å². The minimum atomic E-state index is -0.716. The van der Waals surface area contributed by atoms with E-state index in [4.69, 9.17) is 9.15 Å². The molecular formula is C20H18N2O5. The Labute approximate surface area is 154 Å². The fourth-order valence-corrected chi connectivity index (χ4v) is 3.52. The summed E-state index contributed by atoms with van der Waals surface area (Å²) >= 11 is 0. The van der Waals surface area contributed by atoms with Gasteiger partial charge in [0.15, 0.2) is 5.58 Å². The second kappa shape index (κ2) is 6.75. The van der Waals surface area contributed by atoms with E-state index in [2.05, 4.69) is 0 Å². The number of nitrogens with zero attached hydrogens (tertiary/aromatic N) is 2. The van der Waals surface area contributed by atoms with Crippen LogP contribution in [-0.4, -0.2) is 34.5 Å². The largest absolute Gasteiger partial charge is 0.467 e. The molecule has 1 atom stereocenters. The SMILES string of the molecule is COC(=O)[C@@H]1Cc2ccccc2CN1C(=O)Cn1c(=O)oc2ccccc21. The van der Waals surface area contributed by atoms with Crippen LogP contribution >= 0.6 is 0 Å². The van der Waals surface area contributed by atoms with Gasteiger partial charge in [-0.25, -0.2) is 9.59 Å². The number of aromatic nitrogens is 1. The molecule has 3 aromatic rings. The Morgan fingerprint density at radius 2 is 1.81 bits per heavy atom. The zero-order valence-corrected chi connectivity index (χ0v) is 14.8. The van der Waals surface area contributed by atoms with Crippen molar-refractivity contribution in [2.45, 2.75) is 25.6 Å². The van der Waals surface area contributed by atoms with Gasteiger partial charge in [0.05, 0.1) is 12.6 Å². The number of oxazole rings is 1. The molecule has 0 radical (unpaired) electrons. The summed E-state index contributed by atoms with van der Waals surface area (Å²) in [5.74, 6) is -1.41. The highest BCUT2D eigenvalue weighted by Gasteiger charge is 2.35. The smallest absolute Gasteiger partial charge is 0.420 e. The molecular weight excluding hydrogens is 348 g/mol. The van der Waals surface area contributed by atoms with Gasteiger partial charge >= 0.3 is 11.7 Å². The van der Waals surface area contributed by atoms with Crippen LogP contribution in [0.3, 0.4) is 0 Å². The third kappa shape index (κ3) is 3.01. The van der Waals surface area contributed by atoms with Crippen LogP contribution < -0.4 is 5.76 Å². The molecule has 0 saturated carbocycles. The first-order valence-electron chi connectivity index (χ1n) is 8.61. The van der Waals surface area contributed by atoms with Gasteiger partial charge in [-0.3, -0.25) is 9.36 Å². The monoisotopic (exact) mass is 366 g/mol. The second-order valence-electron chi connectivity index (χ2n) is 6.46. The average Bonchev–Trinajstić information content (AvgIpc) is 3.01. The summed E-state index contributed by atoms with van der Waals surface area (Å²) in [7, 11) is 1.31. The van der Waals surface area contributed by atoms with E-state index in [0.717, 1.165) is 11.1 Å². The first kappa shape index (κ1) is 17.1. The Kier molecular flexibility index (Phi) is 4.27. The normalized spacial score (nSPS) is 16.2. The van der Waals surface area contributed by atoms with Crippen molar-refractivity contribution in [1.29, 1.82) is 0 Å². The van der Waals surface area contributed by atoms with Crippen molar-refractivity contribution in [2.24, 2.45) is 0 Å². The lowest BCUT2D eigenvalue weighted by Gasteiger charge is -2.35. The summed E-state index contributed by atoms with van der Waals surface area (Å²) in [5.41, 5.74) is 2.96. The average molecular weight is 366 g/mol. The molecule has 1 aromatic heterocycles. The maximum absolute atomic E-state index is 13.0. The van der Waals surface area contributed by atoms with Crippen LogP contribution in [0.1, 0.15) is 11.1 Å². The van der Waals surface area contributed by atoms with Gasteiger partial charge in [0, 0.05) is 13.0 Å². The lowest BCUT2D eigenvalue weighted by molar-refractivity contribution is -0.154. The number of para-hydroxylation sites is 2. The Morgan fingerprint density at radius 3 is 2.59 bits per heavy atom. The third-order valence-electron chi connectivity index (χ3n) is 4.91. The van der Waals surface area contributed by atoms with Crippen LogP contribution in [-0.2, 0) is 33.8 Å². The van der Waals surface area contributed by atoms with Gasteiger partial charge < -0.3 is 14.1 Å². The standard InChI is InChI=1S/C20H18N2O5/c1-26-19(24)16-10-13-6-2-3-7-14(13)11-21(16)18(23)12-22-15-8-4-5-9-17(15)27-20(22)25/h2-9,16H,10-12H2,1H3/t16-/m0/s1. The fourth-order valence-electron chi connectivity index (χ4n) is 3.52. The maximum atomic E-state index is 13.0. The summed E-state index contributed by atoms with van der Waals surface area (Å²) < 4.78 is 11.4. The molecule has 1 aliphatic rings. The third-order valence-corrected chi connectivity index (χ3v) is 4.91. The molecule has 0 N–H and O–H groups in total. The number of benzene rings is 2. The number of methoxy groups -OCH3 is 1. The number of hydrogen-bond donors (Lipinski definition) is 0. The Bertz CT molecular complexity index is 1080. The zero-order chi connectivity index (χ0) is 19.0. The van der Waals surface area contributed by atoms with Crippen molar-refractivity contribution in [3.05, 3.63) is 70.2 Å². The lowest BCUT2D eigenvalue weighted by Crippen LogP contribution is -2.50. The Hall–Kier alpha value is -3.35. The molecule has 0 aliphatic carbocycles. The number of esters is 1. The zero-order valence-electron chi connectivity index (χ0n) is 14.8. The van der Waals surface area contributed by atoms with Crippen LogP contribution in [0.2, 0.25) is 0 Å². The van der Waals surface area contributed by atoms with Crippen molar-refractivity contribution in [2.75, 3.05) is 7.11 Å². The predicted octanol–water partition coefficient (Wildman–Crippen LogP) is 1.72.